The summed E-state index contributed by atoms with van der Waals surface area (Å²) in [6.07, 6.45) is 11.2. The summed E-state index contributed by atoms with van der Waals surface area (Å²) in [4.78, 5) is 36.3. The largest absolute Gasteiger partial charge is 0.444 e. The van der Waals surface area contributed by atoms with Crippen molar-refractivity contribution in [3.63, 3.8) is 0 Å². The molecule has 0 spiro atoms. The molecule has 5 rings (SSSR count). The number of fused-ring (bicyclic) bond motifs is 1. The van der Waals surface area contributed by atoms with Crippen LogP contribution in [0.1, 0.15) is 66.3 Å². The van der Waals surface area contributed by atoms with Gasteiger partial charge in [-0.1, -0.05) is 43.1 Å². The number of halogens is 3. The van der Waals surface area contributed by atoms with E-state index in [1.54, 1.807) is 17.3 Å². The first-order valence-corrected chi connectivity index (χ1v) is 15.2. The first-order valence-electron chi connectivity index (χ1n) is 13.6. The standard InChI is InChI=1S/C26H28BrCl2N7O3.C2H6/c1-26(2,3)39-25(38)34-9-7-16(8-10-34)36-13-15(11-31-36)32-24-30-12-17-21(33-24)18(27)14-35(23(17)37)22-19(28)5-4-6-20(22)29;1-2/h5,11-14,16H,4,6-10H2,1-3H3,(H,30,32,33);1-2H3. The second-order valence-corrected chi connectivity index (χ2v) is 12.2. The van der Waals surface area contributed by atoms with Crippen molar-refractivity contribution in [2.45, 2.75) is 71.9 Å². The highest BCUT2D eigenvalue weighted by Gasteiger charge is 2.28. The molecule has 220 valence electrons. The number of aromatic nitrogens is 5. The van der Waals surface area contributed by atoms with E-state index in [0.717, 1.165) is 19.3 Å². The van der Waals surface area contributed by atoms with Gasteiger partial charge >= 0.3 is 6.09 Å². The van der Waals surface area contributed by atoms with Crippen LogP contribution in [0.4, 0.5) is 16.4 Å². The molecule has 1 aliphatic heterocycles. The summed E-state index contributed by atoms with van der Waals surface area (Å²) in [7, 11) is 0. The minimum absolute atomic E-state index is 0.158. The van der Waals surface area contributed by atoms with Gasteiger partial charge < -0.3 is 15.0 Å². The Morgan fingerprint density at radius 2 is 1.85 bits per heavy atom. The normalized spacial score (nSPS) is 16.3. The average Bonchev–Trinajstić information content (AvgIpc) is 3.40. The zero-order valence-electron chi connectivity index (χ0n) is 23.7. The number of hydrogen-bond acceptors (Lipinski definition) is 7. The van der Waals surface area contributed by atoms with E-state index in [9.17, 15) is 9.59 Å². The number of rotatable bonds is 4. The van der Waals surface area contributed by atoms with Gasteiger partial charge in [-0.3, -0.25) is 14.0 Å². The molecule has 0 saturated carbocycles. The molecule has 1 N–H and O–H groups in total. The summed E-state index contributed by atoms with van der Waals surface area (Å²) in [6.45, 7) is 10.8. The summed E-state index contributed by atoms with van der Waals surface area (Å²) in [5, 5.41) is 8.96. The molecule has 2 aliphatic rings. The van der Waals surface area contributed by atoms with Crippen molar-refractivity contribution in [3.8, 4) is 0 Å². The number of hydrogen-bond donors (Lipinski definition) is 1. The number of anilines is 2. The molecule has 0 aromatic carbocycles. The highest BCUT2D eigenvalue weighted by atomic mass is 79.9. The number of pyridine rings is 1. The van der Waals surface area contributed by atoms with Crippen molar-refractivity contribution in [1.82, 2.24) is 29.2 Å². The van der Waals surface area contributed by atoms with Crippen LogP contribution in [-0.2, 0) is 4.74 Å². The lowest BCUT2D eigenvalue weighted by atomic mass is 10.1. The third-order valence-electron chi connectivity index (χ3n) is 6.47. The van der Waals surface area contributed by atoms with E-state index in [4.69, 9.17) is 27.9 Å². The molecule has 4 heterocycles. The van der Waals surface area contributed by atoms with Gasteiger partial charge in [0, 0.05) is 36.7 Å². The molecular weight excluding hydrogens is 633 g/mol. The summed E-state index contributed by atoms with van der Waals surface area (Å²) >= 11 is 16.3. The van der Waals surface area contributed by atoms with Crippen molar-refractivity contribution >= 4 is 73.5 Å². The van der Waals surface area contributed by atoms with Crippen LogP contribution in [0.5, 0.6) is 0 Å². The second-order valence-electron chi connectivity index (χ2n) is 10.5. The van der Waals surface area contributed by atoms with Gasteiger partial charge in [-0.15, -0.1) is 0 Å². The Labute approximate surface area is 257 Å². The Bertz CT molecular complexity index is 1550. The molecule has 3 aromatic rings. The van der Waals surface area contributed by atoms with E-state index in [-0.39, 0.29) is 17.7 Å². The van der Waals surface area contributed by atoms with Gasteiger partial charge in [0.2, 0.25) is 5.95 Å². The van der Waals surface area contributed by atoms with E-state index >= 15 is 0 Å². The zero-order valence-corrected chi connectivity index (χ0v) is 26.8. The number of ether oxygens (including phenoxy) is 1. The number of allylic oxidation sites excluding steroid dienone is 4. The third kappa shape index (κ3) is 7.13. The molecule has 13 heteroatoms. The van der Waals surface area contributed by atoms with Crippen LogP contribution < -0.4 is 10.9 Å². The molecule has 1 amide bonds. The molecule has 0 atom stereocenters. The summed E-state index contributed by atoms with van der Waals surface area (Å²) in [6, 6.07) is 0.158. The van der Waals surface area contributed by atoms with Crippen LogP contribution in [0, 0.1) is 0 Å². The predicted octanol–water partition coefficient (Wildman–Crippen LogP) is 7.42. The fourth-order valence-electron chi connectivity index (χ4n) is 4.60. The van der Waals surface area contributed by atoms with Crippen LogP contribution in [0.15, 0.2) is 50.2 Å². The quantitative estimate of drug-likeness (QED) is 0.309. The van der Waals surface area contributed by atoms with Gasteiger partial charge in [-0.25, -0.2) is 14.8 Å². The lowest BCUT2D eigenvalue weighted by Crippen LogP contribution is -2.42. The maximum absolute atomic E-state index is 13.3. The summed E-state index contributed by atoms with van der Waals surface area (Å²) in [5.74, 6) is 0.326. The summed E-state index contributed by atoms with van der Waals surface area (Å²) < 4.78 is 9.40. The van der Waals surface area contributed by atoms with E-state index in [0.29, 0.717) is 62.3 Å². The molecule has 10 nitrogen and oxygen atoms in total. The lowest BCUT2D eigenvalue weighted by Gasteiger charge is -2.33. The van der Waals surface area contributed by atoms with E-state index in [1.807, 2.05) is 51.6 Å². The highest BCUT2D eigenvalue weighted by molar-refractivity contribution is 9.10. The maximum atomic E-state index is 13.3. The number of likely N-dealkylation sites (tertiary alicyclic amines) is 1. The Hall–Kier alpha value is -2.89. The van der Waals surface area contributed by atoms with Crippen LogP contribution >= 0.6 is 39.1 Å². The van der Waals surface area contributed by atoms with E-state index in [2.05, 4.69) is 36.3 Å². The molecule has 1 saturated heterocycles. The van der Waals surface area contributed by atoms with Crippen LogP contribution in [0.25, 0.3) is 16.6 Å². The Morgan fingerprint density at radius 1 is 1.15 bits per heavy atom. The SMILES string of the molecule is CC.CC(C)(C)OC(=O)N1CCC(n2cc(Nc3ncc4c(=O)n(C5=C(Cl)CCC=C5Cl)cc(Br)c4n3)cn2)CC1. The molecule has 1 fully saturated rings. The molecule has 1 aliphatic carbocycles. The number of carbonyl (C=O) groups excluding carboxylic acids is 1. The van der Waals surface area contributed by atoms with Crippen LogP contribution in [-0.4, -0.2) is 54.0 Å². The zero-order chi connectivity index (χ0) is 29.9. The van der Waals surface area contributed by atoms with Crippen molar-refractivity contribution in [2.75, 3.05) is 18.4 Å². The minimum atomic E-state index is -0.515. The fourth-order valence-corrected chi connectivity index (χ4v) is 5.77. The van der Waals surface area contributed by atoms with Gasteiger partial charge in [-0.2, -0.15) is 5.10 Å². The van der Waals surface area contributed by atoms with E-state index < -0.39 is 5.60 Å². The number of carbonyl (C=O) groups is 1. The first-order chi connectivity index (χ1) is 19.5. The highest BCUT2D eigenvalue weighted by Crippen LogP contribution is 2.34. The lowest BCUT2D eigenvalue weighted by molar-refractivity contribution is 0.0185. The molecule has 3 aromatic heterocycles. The topological polar surface area (TPSA) is 107 Å². The monoisotopic (exact) mass is 665 g/mol. The Balaban J connectivity index is 0.00000189. The van der Waals surface area contributed by atoms with Crippen LogP contribution in [0.2, 0.25) is 0 Å². The van der Waals surface area contributed by atoms with Crippen molar-refractivity contribution < 1.29 is 9.53 Å². The smallest absolute Gasteiger partial charge is 0.410 e. The van der Waals surface area contributed by atoms with Crippen molar-refractivity contribution in [2.24, 2.45) is 0 Å². The second kappa shape index (κ2) is 13.0. The van der Waals surface area contributed by atoms with Gasteiger partial charge in [-0.05, 0) is 62.4 Å². The van der Waals surface area contributed by atoms with E-state index in [1.165, 1.54) is 10.8 Å². The van der Waals surface area contributed by atoms with Crippen molar-refractivity contribution in [3.05, 3.63) is 55.8 Å². The van der Waals surface area contributed by atoms with Gasteiger partial charge in [0.05, 0.1) is 44.0 Å². The van der Waals surface area contributed by atoms with Crippen molar-refractivity contribution in [1.29, 1.82) is 0 Å². The molecule has 0 bridgehead atoms. The Morgan fingerprint density at radius 3 is 2.51 bits per heavy atom. The number of amides is 1. The predicted molar refractivity (Wildman–Crippen MR) is 167 cm³/mol. The van der Waals surface area contributed by atoms with Gasteiger partial charge in [0.15, 0.2) is 0 Å². The third-order valence-corrected chi connectivity index (χ3v) is 7.75. The fraction of sp³-hybridized carbons (Fsp3) is 0.464. The molecule has 0 radical (unpaired) electrons. The van der Waals surface area contributed by atoms with Gasteiger partial charge in [0.1, 0.15) is 5.60 Å². The van der Waals surface area contributed by atoms with Gasteiger partial charge in [0.25, 0.3) is 5.56 Å². The number of nitrogens with zero attached hydrogens (tertiary/aromatic N) is 6. The first kappa shape index (κ1) is 31.1. The molecule has 41 heavy (non-hydrogen) atoms. The number of nitrogens with one attached hydrogen (secondary N) is 1. The molecular formula is C28H34BrCl2N7O3. The molecule has 0 unspecified atom stereocenters. The maximum Gasteiger partial charge on any atom is 0.410 e. The minimum Gasteiger partial charge on any atom is -0.444 e. The Kier molecular flexibility index (Phi) is 9.81. The van der Waals surface area contributed by atoms with Crippen LogP contribution in [0.3, 0.4) is 0 Å². The number of piperidine rings is 1. The average molecular weight is 667 g/mol. The summed E-state index contributed by atoms with van der Waals surface area (Å²) in [5.41, 5.74) is 0.822.